The highest BCUT2D eigenvalue weighted by atomic mass is 16.3. The highest BCUT2D eigenvalue weighted by Crippen LogP contribution is 2.34. The largest absolute Gasteiger partial charge is 0.506 e. The SMILES string of the molecule is Cc1ccc(O)c(-n2cc3c(c2-c2ccccc2)c(=O)n(C)c(=O)n3C)c1. The molecule has 2 aromatic carbocycles. The molecule has 0 radical (unpaired) electrons. The van der Waals surface area contributed by atoms with Crippen LogP contribution in [0.25, 0.3) is 27.8 Å². The van der Waals surface area contributed by atoms with Gasteiger partial charge in [0.2, 0.25) is 0 Å². The van der Waals surface area contributed by atoms with E-state index in [9.17, 15) is 14.7 Å². The summed E-state index contributed by atoms with van der Waals surface area (Å²) in [5.41, 5.74) is 2.76. The standard InChI is InChI=1S/C21H19N3O3/c1-13-9-10-17(25)15(11-13)24-12-16-18(19(24)14-7-5-4-6-8-14)20(26)23(3)21(27)22(16)2/h4-12,25H,1-3H3. The van der Waals surface area contributed by atoms with Gasteiger partial charge < -0.3 is 9.67 Å². The number of fused-ring (bicyclic) bond motifs is 1. The van der Waals surface area contributed by atoms with E-state index in [-0.39, 0.29) is 11.3 Å². The number of benzene rings is 2. The van der Waals surface area contributed by atoms with Crippen molar-refractivity contribution in [3.63, 3.8) is 0 Å². The minimum atomic E-state index is -0.391. The Kier molecular flexibility index (Phi) is 3.77. The van der Waals surface area contributed by atoms with Gasteiger partial charge in [0.1, 0.15) is 5.75 Å². The van der Waals surface area contributed by atoms with Crippen LogP contribution in [-0.2, 0) is 14.1 Å². The number of phenols is 1. The topological polar surface area (TPSA) is 69.2 Å². The Hall–Kier alpha value is -3.54. The highest BCUT2D eigenvalue weighted by Gasteiger charge is 2.21. The summed E-state index contributed by atoms with van der Waals surface area (Å²) in [5, 5.41) is 10.9. The van der Waals surface area contributed by atoms with Crippen LogP contribution in [0.15, 0.2) is 64.3 Å². The molecule has 136 valence electrons. The summed E-state index contributed by atoms with van der Waals surface area (Å²) in [4.78, 5) is 25.4. The third kappa shape index (κ3) is 2.49. The molecule has 0 unspecified atom stereocenters. The van der Waals surface area contributed by atoms with Gasteiger partial charge in [-0.15, -0.1) is 0 Å². The third-order valence-electron chi connectivity index (χ3n) is 4.88. The lowest BCUT2D eigenvalue weighted by Gasteiger charge is -2.12. The van der Waals surface area contributed by atoms with Crippen LogP contribution in [0.2, 0.25) is 0 Å². The van der Waals surface area contributed by atoms with Crippen molar-refractivity contribution in [1.82, 2.24) is 13.7 Å². The molecule has 4 rings (SSSR count). The second kappa shape index (κ2) is 6.02. The number of phenolic OH excluding ortho intramolecular Hbond substituents is 1. The first-order valence-electron chi connectivity index (χ1n) is 8.56. The van der Waals surface area contributed by atoms with E-state index in [1.807, 2.05) is 49.4 Å². The van der Waals surface area contributed by atoms with Gasteiger partial charge in [-0.1, -0.05) is 36.4 Å². The summed E-state index contributed by atoms with van der Waals surface area (Å²) in [6.07, 6.45) is 1.73. The fraction of sp³-hybridized carbons (Fsp3) is 0.143. The summed E-state index contributed by atoms with van der Waals surface area (Å²) >= 11 is 0. The fourth-order valence-electron chi connectivity index (χ4n) is 3.44. The molecule has 2 aromatic heterocycles. The third-order valence-corrected chi connectivity index (χ3v) is 4.88. The zero-order chi connectivity index (χ0) is 19.3. The monoisotopic (exact) mass is 361 g/mol. The van der Waals surface area contributed by atoms with Crippen molar-refractivity contribution in [1.29, 1.82) is 0 Å². The number of rotatable bonds is 2. The highest BCUT2D eigenvalue weighted by molar-refractivity contribution is 5.95. The first-order valence-corrected chi connectivity index (χ1v) is 8.56. The molecule has 0 saturated carbocycles. The quantitative estimate of drug-likeness (QED) is 0.597. The zero-order valence-corrected chi connectivity index (χ0v) is 15.3. The lowest BCUT2D eigenvalue weighted by atomic mass is 10.1. The van der Waals surface area contributed by atoms with Gasteiger partial charge in [0, 0.05) is 20.3 Å². The Labute approximate surface area is 155 Å². The lowest BCUT2D eigenvalue weighted by Crippen LogP contribution is -2.36. The molecular weight excluding hydrogens is 342 g/mol. The maximum absolute atomic E-state index is 13.0. The molecule has 0 aliphatic heterocycles. The first kappa shape index (κ1) is 16.9. The average molecular weight is 361 g/mol. The van der Waals surface area contributed by atoms with Crippen LogP contribution in [0.3, 0.4) is 0 Å². The second-order valence-corrected chi connectivity index (χ2v) is 6.67. The number of hydrogen-bond donors (Lipinski definition) is 1. The Morgan fingerprint density at radius 3 is 2.33 bits per heavy atom. The summed E-state index contributed by atoms with van der Waals surface area (Å²) in [5.74, 6) is 0.0971. The van der Waals surface area contributed by atoms with Gasteiger partial charge in [-0.3, -0.25) is 13.9 Å². The van der Waals surface area contributed by atoms with Gasteiger partial charge in [-0.05, 0) is 30.2 Å². The van der Waals surface area contributed by atoms with E-state index in [2.05, 4.69) is 0 Å². The predicted octanol–water partition coefficient (Wildman–Crippen LogP) is 2.71. The van der Waals surface area contributed by atoms with Gasteiger partial charge >= 0.3 is 5.69 Å². The summed E-state index contributed by atoms with van der Waals surface area (Å²) in [6.45, 7) is 1.93. The Morgan fingerprint density at radius 1 is 0.926 bits per heavy atom. The van der Waals surface area contributed by atoms with Crippen LogP contribution in [-0.4, -0.2) is 18.8 Å². The number of aromatic hydroxyl groups is 1. The van der Waals surface area contributed by atoms with Crippen molar-refractivity contribution in [2.75, 3.05) is 0 Å². The van der Waals surface area contributed by atoms with Crippen LogP contribution in [0.4, 0.5) is 0 Å². The van der Waals surface area contributed by atoms with Crippen molar-refractivity contribution < 1.29 is 5.11 Å². The van der Waals surface area contributed by atoms with E-state index in [1.54, 1.807) is 23.9 Å². The van der Waals surface area contributed by atoms with Crippen molar-refractivity contribution in [3.8, 4) is 22.7 Å². The maximum Gasteiger partial charge on any atom is 0.330 e. The van der Waals surface area contributed by atoms with Crippen molar-refractivity contribution in [3.05, 3.63) is 81.1 Å². The van der Waals surface area contributed by atoms with E-state index in [4.69, 9.17) is 0 Å². The summed E-state index contributed by atoms with van der Waals surface area (Å²) in [7, 11) is 3.11. The molecule has 0 aliphatic rings. The Balaban J connectivity index is 2.25. The molecule has 0 amide bonds. The van der Waals surface area contributed by atoms with Gasteiger partial charge in [0.05, 0.1) is 22.3 Å². The van der Waals surface area contributed by atoms with Crippen LogP contribution in [0, 0.1) is 6.92 Å². The van der Waals surface area contributed by atoms with E-state index in [0.29, 0.717) is 22.3 Å². The van der Waals surface area contributed by atoms with Gasteiger partial charge in [-0.2, -0.15) is 0 Å². The summed E-state index contributed by atoms with van der Waals surface area (Å²) < 4.78 is 4.34. The normalized spacial score (nSPS) is 11.2. The van der Waals surface area contributed by atoms with Crippen LogP contribution >= 0.6 is 0 Å². The van der Waals surface area contributed by atoms with E-state index < -0.39 is 5.69 Å². The molecule has 0 aliphatic carbocycles. The van der Waals surface area contributed by atoms with Gasteiger partial charge in [-0.25, -0.2) is 4.79 Å². The Bertz CT molecular complexity index is 1290. The number of aromatic nitrogens is 3. The van der Waals surface area contributed by atoms with Crippen LogP contribution in [0.5, 0.6) is 5.75 Å². The van der Waals surface area contributed by atoms with E-state index in [0.717, 1.165) is 15.7 Å². The maximum atomic E-state index is 13.0. The minimum absolute atomic E-state index is 0.0971. The molecule has 6 nitrogen and oxygen atoms in total. The van der Waals surface area contributed by atoms with Crippen LogP contribution < -0.4 is 11.2 Å². The van der Waals surface area contributed by atoms with E-state index >= 15 is 0 Å². The molecule has 0 fully saturated rings. The molecule has 6 heteroatoms. The zero-order valence-electron chi connectivity index (χ0n) is 15.3. The van der Waals surface area contributed by atoms with Crippen molar-refractivity contribution in [2.24, 2.45) is 14.1 Å². The van der Waals surface area contributed by atoms with Crippen molar-refractivity contribution >= 4 is 10.9 Å². The minimum Gasteiger partial charge on any atom is -0.506 e. The first-order chi connectivity index (χ1) is 12.9. The second-order valence-electron chi connectivity index (χ2n) is 6.67. The fourth-order valence-corrected chi connectivity index (χ4v) is 3.44. The molecule has 2 heterocycles. The predicted molar refractivity (Wildman–Crippen MR) is 106 cm³/mol. The van der Waals surface area contributed by atoms with Crippen LogP contribution in [0.1, 0.15) is 5.56 Å². The molecule has 1 N–H and O–H groups in total. The molecular formula is C21H19N3O3. The molecule has 27 heavy (non-hydrogen) atoms. The molecule has 4 aromatic rings. The smallest absolute Gasteiger partial charge is 0.330 e. The number of hydrogen-bond acceptors (Lipinski definition) is 3. The van der Waals surface area contributed by atoms with Gasteiger partial charge in [0.15, 0.2) is 0 Å². The summed E-state index contributed by atoms with van der Waals surface area (Å²) in [6, 6.07) is 14.8. The number of nitrogens with zero attached hydrogens (tertiary/aromatic N) is 3. The average Bonchev–Trinajstić information content (AvgIpc) is 3.07. The lowest BCUT2D eigenvalue weighted by molar-refractivity contribution is 0.472. The molecule has 0 saturated heterocycles. The van der Waals surface area contributed by atoms with E-state index in [1.165, 1.54) is 11.6 Å². The Morgan fingerprint density at radius 2 is 1.63 bits per heavy atom. The molecule has 0 atom stereocenters. The molecule has 0 bridgehead atoms. The van der Waals surface area contributed by atoms with Crippen molar-refractivity contribution in [2.45, 2.75) is 6.92 Å². The van der Waals surface area contributed by atoms with Gasteiger partial charge in [0.25, 0.3) is 5.56 Å². The molecule has 0 spiro atoms. The number of aryl methyl sites for hydroxylation is 2.